The van der Waals surface area contributed by atoms with Gasteiger partial charge in [-0.25, -0.2) is 0 Å². The number of halogens is 1. The number of amides is 1. The number of carbonyl (C=O) groups is 1. The second-order valence-corrected chi connectivity index (χ2v) is 5.01. The molecular weight excluding hydrogens is 300 g/mol. The second-order valence-electron chi connectivity index (χ2n) is 5.01. The molecule has 0 fully saturated rings. The summed E-state index contributed by atoms with van der Waals surface area (Å²) in [5.41, 5.74) is 3.29. The van der Waals surface area contributed by atoms with Gasteiger partial charge in [0.1, 0.15) is 6.04 Å². The molecule has 22 heavy (non-hydrogen) atoms. The van der Waals surface area contributed by atoms with Gasteiger partial charge in [-0.1, -0.05) is 31.2 Å². The highest BCUT2D eigenvalue weighted by molar-refractivity contribution is 5.85. The molecule has 120 valence electrons. The molecule has 5 nitrogen and oxygen atoms in total. The zero-order valence-electron chi connectivity index (χ0n) is 13.2. The molecule has 0 saturated heterocycles. The molecule has 1 heterocycles. The third kappa shape index (κ3) is 4.32. The Kier molecular flexibility index (Phi) is 7.08. The van der Waals surface area contributed by atoms with Crippen LogP contribution in [0.25, 0.3) is 0 Å². The lowest BCUT2D eigenvalue weighted by Gasteiger charge is -2.15. The average Bonchev–Trinajstić information content (AvgIpc) is 2.92. The van der Waals surface area contributed by atoms with E-state index in [9.17, 15) is 4.79 Å². The van der Waals surface area contributed by atoms with Crippen molar-refractivity contribution in [1.82, 2.24) is 20.4 Å². The molecule has 0 bridgehead atoms. The number of hydrogen-bond donors (Lipinski definition) is 2. The van der Waals surface area contributed by atoms with E-state index in [0.29, 0.717) is 6.54 Å². The van der Waals surface area contributed by atoms with E-state index in [0.717, 1.165) is 17.5 Å². The van der Waals surface area contributed by atoms with Crippen LogP contribution in [0.3, 0.4) is 0 Å². The maximum atomic E-state index is 12.3. The summed E-state index contributed by atoms with van der Waals surface area (Å²) in [6.45, 7) is 2.66. The number of benzene rings is 1. The Balaban J connectivity index is 0.00000242. The van der Waals surface area contributed by atoms with Gasteiger partial charge in [-0.2, -0.15) is 5.10 Å². The van der Waals surface area contributed by atoms with Crippen molar-refractivity contribution in [2.24, 2.45) is 7.05 Å². The Hall–Kier alpha value is -1.85. The van der Waals surface area contributed by atoms with Crippen LogP contribution in [0.2, 0.25) is 0 Å². The van der Waals surface area contributed by atoms with E-state index in [4.69, 9.17) is 0 Å². The fourth-order valence-corrected chi connectivity index (χ4v) is 2.40. The number of rotatable bonds is 6. The second kappa shape index (κ2) is 8.56. The van der Waals surface area contributed by atoms with Crippen LogP contribution in [0.15, 0.2) is 36.7 Å². The van der Waals surface area contributed by atoms with Crippen molar-refractivity contribution >= 4 is 18.3 Å². The number of likely N-dealkylation sites (N-methyl/N-ethyl adjacent to an activating group) is 1. The number of aryl methyl sites for hydroxylation is 2. The van der Waals surface area contributed by atoms with Gasteiger partial charge in [0.2, 0.25) is 5.91 Å². The molecule has 0 radical (unpaired) electrons. The topological polar surface area (TPSA) is 59.0 Å². The van der Waals surface area contributed by atoms with Crippen molar-refractivity contribution in [3.63, 3.8) is 0 Å². The summed E-state index contributed by atoms with van der Waals surface area (Å²) in [5, 5.41) is 10.1. The van der Waals surface area contributed by atoms with Gasteiger partial charge < -0.3 is 10.6 Å². The predicted molar refractivity (Wildman–Crippen MR) is 89.9 cm³/mol. The van der Waals surface area contributed by atoms with Crippen LogP contribution in [0.1, 0.15) is 29.7 Å². The minimum Gasteiger partial charge on any atom is -0.350 e. The minimum absolute atomic E-state index is 0. The first-order valence-corrected chi connectivity index (χ1v) is 7.16. The van der Waals surface area contributed by atoms with Crippen molar-refractivity contribution in [2.75, 3.05) is 7.05 Å². The normalized spacial score (nSPS) is 11.6. The third-order valence-corrected chi connectivity index (χ3v) is 3.56. The first kappa shape index (κ1) is 18.2. The first-order chi connectivity index (χ1) is 10.2. The van der Waals surface area contributed by atoms with Gasteiger partial charge in [0.15, 0.2) is 0 Å². The molecule has 0 saturated carbocycles. The highest BCUT2D eigenvalue weighted by Gasteiger charge is 2.19. The summed E-state index contributed by atoms with van der Waals surface area (Å²) >= 11 is 0. The number of carbonyl (C=O) groups excluding carboxylic acids is 1. The molecule has 0 spiro atoms. The lowest BCUT2D eigenvalue weighted by atomic mass is 10.0. The lowest BCUT2D eigenvalue weighted by molar-refractivity contribution is -0.123. The van der Waals surface area contributed by atoms with Gasteiger partial charge in [0.05, 0.1) is 6.20 Å². The van der Waals surface area contributed by atoms with Crippen LogP contribution in [0, 0.1) is 0 Å². The molecule has 1 atom stereocenters. The van der Waals surface area contributed by atoms with E-state index >= 15 is 0 Å². The van der Waals surface area contributed by atoms with E-state index in [1.165, 1.54) is 5.56 Å². The zero-order valence-corrected chi connectivity index (χ0v) is 14.0. The zero-order chi connectivity index (χ0) is 15.2. The molecule has 6 heteroatoms. The fraction of sp³-hybridized carbons (Fsp3) is 0.375. The first-order valence-electron chi connectivity index (χ1n) is 7.16. The van der Waals surface area contributed by atoms with E-state index in [1.807, 2.05) is 25.4 Å². The molecule has 1 amide bonds. The van der Waals surface area contributed by atoms with Crippen LogP contribution >= 0.6 is 12.4 Å². The molecule has 0 aliphatic rings. The lowest BCUT2D eigenvalue weighted by Crippen LogP contribution is -2.35. The number of nitrogens with zero attached hydrogens (tertiary/aromatic N) is 2. The van der Waals surface area contributed by atoms with Crippen LogP contribution in [0.5, 0.6) is 0 Å². The van der Waals surface area contributed by atoms with Crippen LogP contribution in [-0.4, -0.2) is 22.7 Å². The summed E-state index contributed by atoms with van der Waals surface area (Å²) in [5.74, 6) is -0.0450. The fourth-order valence-electron chi connectivity index (χ4n) is 2.40. The van der Waals surface area contributed by atoms with Crippen molar-refractivity contribution in [2.45, 2.75) is 25.9 Å². The van der Waals surface area contributed by atoms with Gasteiger partial charge in [-0.15, -0.1) is 12.4 Å². The maximum absolute atomic E-state index is 12.3. The van der Waals surface area contributed by atoms with Gasteiger partial charge >= 0.3 is 0 Å². The summed E-state index contributed by atoms with van der Waals surface area (Å²) in [7, 11) is 3.61. The van der Waals surface area contributed by atoms with E-state index in [1.54, 1.807) is 17.9 Å². The Morgan fingerprint density at radius 1 is 1.32 bits per heavy atom. The third-order valence-electron chi connectivity index (χ3n) is 3.56. The summed E-state index contributed by atoms with van der Waals surface area (Å²) in [6.07, 6.45) is 4.52. The van der Waals surface area contributed by atoms with E-state index in [-0.39, 0.29) is 24.4 Å². The van der Waals surface area contributed by atoms with Gasteiger partial charge in [-0.3, -0.25) is 9.48 Å². The summed E-state index contributed by atoms with van der Waals surface area (Å²) < 4.78 is 1.69. The highest BCUT2D eigenvalue weighted by Crippen LogP contribution is 2.13. The Morgan fingerprint density at radius 2 is 2.00 bits per heavy atom. The van der Waals surface area contributed by atoms with Crippen LogP contribution in [-0.2, 0) is 24.8 Å². The summed E-state index contributed by atoms with van der Waals surface area (Å²) in [6, 6.07) is 7.79. The van der Waals surface area contributed by atoms with Gasteiger partial charge in [0.25, 0.3) is 0 Å². The summed E-state index contributed by atoms with van der Waals surface area (Å²) in [4.78, 5) is 12.3. The number of hydrogen-bond acceptors (Lipinski definition) is 3. The van der Waals surface area contributed by atoms with Crippen LogP contribution in [0.4, 0.5) is 0 Å². The molecule has 1 aromatic carbocycles. The van der Waals surface area contributed by atoms with Crippen molar-refractivity contribution in [3.8, 4) is 0 Å². The average molecular weight is 323 g/mol. The van der Waals surface area contributed by atoms with Crippen molar-refractivity contribution in [3.05, 3.63) is 53.3 Å². The van der Waals surface area contributed by atoms with Crippen LogP contribution < -0.4 is 10.6 Å². The Bertz CT molecular complexity index is 612. The van der Waals surface area contributed by atoms with Gasteiger partial charge in [0, 0.05) is 25.4 Å². The monoisotopic (exact) mass is 322 g/mol. The Labute approximate surface area is 137 Å². The van der Waals surface area contributed by atoms with E-state index in [2.05, 4.69) is 34.8 Å². The molecule has 1 unspecified atom stereocenters. The number of aromatic nitrogens is 2. The van der Waals surface area contributed by atoms with Crippen molar-refractivity contribution < 1.29 is 4.79 Å². The highest BCUT2D eigenvalue weighted by atomic mass is 35.5. The molecule has 1 aromatic heterocycles. The molecule has 2 N–H and O–H groups in total. The smallest absolute Gasteiger partial charge is 0.242 e. The largest absolute Gasteiger partial charge is 0.350 e. The molecule has 2 rings (SSSR count). The minimum atomic E-state index is -0.382. The molecular formula is C16H23ClN4O. The standard InChI is InChI=1S/C16H22N4O.ClH/c1-4-12-7-5-6-8-13(12)9-18-16(21)15(17-2)14-10-19-20(3)11-14;/h5-8,10-11,15,17H,4,9H2,1-3H3,(H,18,21);1H. The molecule has 2 aromatic rings. The van der Waals surface area contributed by atoms with Crippen molar-refractivity contribution in [1.29, 1.82) is 0 Å². The molecule has 0 aliphatic carbocycles. The quantitative estimate of drug-likeness (QED) is 0.855. The van der Waals surface area contributed by atoms with E-state index < -0.39 is 0 Å². The van der Waals surface area contributed by atoms with Gasteiger partial charge in [-0.05, 0) is 24.6 Å². The number of nitrogens with one attached hydrogen (secondary N) is 2. The Morgan fingerprint density at radius 3 is 2.55 bits per heavy atom. The SMILES string of the molecule is CCc1ccccc1CNC(=O)C(NC)c1cnn(C)c1.Cl. The molecule has 0 aliphatic heterocycles. The maximum Gasteiger partial charge on any atom is 0.242 e. The predicted octanol–water partition coefficient (Wildman–Crippen LogP) is 1.98.